The average molecular weight is 183 g/mol. The number of nitrogens with one attached hydrogen (secondary N) is 1. The summed E-state index contributed by atoms with van der Waals surface area (Å²) in [5, 5.41) is 7.97. The number of thiol groups is 1. The van der Waals surface area contributed by atoms with Gasteiger partial charge in [0, 0.05) is 0 Å². The van der Waals surface area contributed by atoms with E-state index in [1.54, 1.807) is 0 Å². The van der Waals surface area contributed by atoms with Gasteiger partial charge in [-0.2, -0.15) is 0 Å². The van der Waals surface area contributed by atoms with Gasteiger partial charge < -0.3 is 9.94 Å². The molecule has 0 aliphatic heterocycles. The van der Waals surface area contributed by atoms with Crippen LogP contribution in [-0.2, 0) is 25.3 Å². The van der Waals surface area contributed by atoms with Crippen LogP contribution < -0.4 is 4.89 Å². The van der Waals surface area contributed by atoms with Gasteiger partial charge in [0.15, 0.2) is 0 Å². The van der Waals surface area contributed by atoms with E-state index in [9.17, 15) is 18.0 Å². The summed E-state index contributed by atoms with van der Waals surface area (Å²) in [5.41, 5.74) is 0. The van der Waals surface area contributed by atoms with Gasteiger partial charge in [0.1, 0.15) is 6.42 Å². The Labute approximate surface area is 63.0 Å². The largest absolute Gasteiger partial charge is 0.481 e. The van der Waals surface area contributed by atoms with Gasteiger partial charge in [-0.25, -0.2) is 13.2 Å². The molecule has 0 spiro atoms. The minimum absolute atomic E-state index is 0.879. The van der Waals surface area contributed by atoms with Crippen LogP contribution in [0.15, 0.2) is 0 Å². The van der Waals surface area contributed by atoms with E-state index in [0.29, 0.717) is 0 Å². The normalized spacial score (nSPS) is 9.55. The predicted octanol–water partition coefficient (Wildman–Crippen LogP) is -1.96. The van der Waals surface area contributed by atoms with E-state index in [0.717, 1.165) is 0 Å². The minimum Gasteiger partial charge on any atom is -0.481 e. The molecule has 0 aromatic rings. The van der Waals surface area contributed by atoms with Crippen LogP contribution in [0.1, 0.15) is 6.42 Å². The van der Waals surface area contributed by atoms with Crippen LogP contribution in [0, 0.1) is 0 Å². The van der Waals surface area contributed by atoms with Crippen LogP contribution >= 0.6 is 0 Å². The van der Waals surface area contributed by atoms with Gasteiger partial charge in [0.2, 0.25) is 10.9 Å². The van der Waals surface area contributed by atoms with Crippen molar-refractivity contribution in [1.29, 1.82) is 0 Å². The first-order valence-electron chi connectivity index (χ1n) is 2.34. The molecule has 8 heteroatoms. The number of hydrogen-bond donors (Lipinski definition) is 3. The lowest BCUT2D eigenvalue weighted by molar-refractivity contribution is -0.153. The van der Waals surface area contributed by atoms with Crippen LogP contribution in [0.4, 0.5) is 0 Å². The lowest BCUT2D eigenvalue weighted by Gasteiger charge is -1.95. The quantitative estimate of drug-likeness (QED) is 0.265. The van der Waals surface area contributed by atoms with Crippen LogP contribution in [-0.4, -0.2) is 25.5 Å². The van der Waals surface area contributed by atoms with Gasteiger partial charge in [0.25, 0.3) is 0 Å². The summed E-state index contributed by atoms with van der Waals surface area (Å²) in [6.07, 6.45) is -0.879. The summed E-state index contributed by atoms with van der Waals surface area (Å²) in [4.78, 5) is 25.0. The molecule has 0 aromatic heterocycles. The third-order valence-corrected chi connectivity index (χ3v) is 0.770. The molecule has 0 radical (unpaired) electrons. The lowest BCUT2D eigenvalue weighted by Crippen LogP contribution is -2.20. The number of carboxylic acids is 1. The zero-order chi connectivity index (χ0) is 8.85. The molecule has 0 amide bonds. The maximum atomic E-state index is 10.2. The third-order valence-electron chi connectivity index (χ3n) is 0.530. The summed E-state index contributed by atoms with van der Waals surface area (Å²) in [5.74, 6) is -2.56. The van der Waals surface area contributed by atoms with Crippen molar-refractivity contribution in [3.63, 3.8) is 0 Å². The molecule has 0 aliphatic rings. The van der Waals surface area contributed by atoms with E-state index in [1.165, 1.54) is 4.89 Å². The number of carbonyl (C=O) groups is 2. The van der Waals surface area contributed by atoms with Crippen molar-refractivity contribution >= 4 is 22.8 Å². The molecule has 0 saturated heterocycles. The first kappa shape index (κ1) is 9.85. The van der Waals surface area contributed by atoms with Crippen molar-refractivity contribution in [3.8, 4) is 0 Å². The SMILES string of the molecule is O=C(O)CC(=O)ON[SH](=O)=O. The monoisotopic (exact) mass is 183 g/mol. The van der Waals surface area contributed by atoms with Gasteiger partial charge in [0.05, 0.1) is 0 Å². The summed E-state index contributed by atoms with van der Waals surface area (Å²) >= 11 is 0. The maximum absolute atomic E-state index is 10.2. The van der Waals surface area contributed by atoms with Crippen molar-refractivity contribution in [2.45, 2.75) is 6.42 Å². The summed E-state index contributed by atoms with van der Waals surface area (Å²) in [6, 6.07) is 0. The maximum Gasteiger partial charge on any atom is 0.337 e. The first-order valence-corrected chi connectivity index (χ1v) is 3.51. The smallest absolute Gasteiger partial charge is 0.337 e. The fraction of sp³-hybridized carbons (Fsp3) is 0.333. The van der Waals surface area contributed by atoms with Gasteiger partial charge in [-0.15, -0.1) is 0 Å². The Morgan fingerprint density at radius 1 is 1.45 bits per heavy atom. The molecule has 64 valence electrons. The highest BCUT2D eigenvalue weighted by molar-refractivity contribution is 7.70. The van der Waals surface area contributed by atoms with E-state index in [-0.39, 0.29) is 0 Å². The number of carboxylic acid groups (broad SMARTS) is 1. The molecule has 2 N–H and O–H groups in total. The minimum atomic E-state index is -3.04. The number of hydrogen-bond acceptors (Lipinski definition) is 5. The molecule has 0 heterocycles. The topological polar surface area (TPSA) is 110 Å². The molecule has 0 aliphatic carbocycles. The Morgan fingerprint density at radius 2 is 2.00 bits per heavy atom. The Kier molecular flexibility index (Phi) is 4.15. The summed E-state index contributed by atoms with van der Waals surface area (Å²) in [7, 11) is -3.04. The van der Waals surface area contributed by atoms with Crippen molar-refractivity contribution in [2.75, 3.05) is 0 Å². The second-order valence-corrected chi connectivity index (χ2v) is 2.09. The lowest BCUT2D eigenvalue weighted by atomic mass is 10.5. The molecule has 0 atom stereocenters. The van der Waals surface area contributed by atoms with Crippen molar-refractivity contribution in [2.24, 2.45) is 0 Å². The fourth-order valence-corrected chi connectivity index (χ4v) is 0.424. The Balaban J connectivity index is 3.62. The van der Waals surface area contributed by atoms with Crippen LogP contribution in [0.2, 0.25) is 0 Å². The van der Waals surface area contributed by atoms with E-state index < -0.39 is 29.2 Å². The van der Waals surface area contributed by atoms with Gasteiger partial charge in [-0.3, -0.25) is 4.79 Å². The van der Waals surface area contributed by atoms with Gasteiger partial charge >= 0.3 is 11.9 Å². The Hall–Kier alpha value is -1.15. The highest BCUT2D eigenvalue weighted by Gasteiger charge is 2.08. The molecule has 0 fully saturated rings. The summed E-state index contributed by atoms with van der Waals surface area (Å²) < 4.78 is 19.4. The van der Waals surface area contributed by atoms with E-state index in [1.807, 2.05) is 0 Å². The zero-order valence-electron chi connectivity index (χ0n) is 5.14. The fourth-order valence-electron chi connectivity index (χ4n) is 0.248. The molecule has 0 rings (SSSR count). The van der Waals surface area contributed by atoms with Crippen LogP contribution in [0.5, 0.6) is 0 Å². The first-order chi connectivity index (χ1) is 5.02. The van der Waals surface area contributed by atoms with E-state index in [2.05, 4.69) is 4.84 Å². The van der Waals surface area contributed by atoms with E-state index in [4.69, 9.17) is 5.11 Å². The van der Waals surface area contributed by atoms with Crippen molar-refractivity contribution < 1.29 is 28.0 Å². The molecule has 0 aromatic carbocycles. The van der Waals surface area contributed by atoms with Crippen molar-refractivity contribution in [3.05, 3.63) is 0 Å². The van der Waals surface area contributed by atoms with Gasteiger partial charge in [-0.05, 0) is 4.89 Å². The van der Waals surface area contributed by atoms with Crippen molar-refractivity contribution in [1.82, 2.24) is 4.89 Å². The molecule has 0 bridgehead atoms. The van der Waals surface area contributed by atoms with E-state index >= 15 is 0 Å². The van der Waals surface area contributed by atoms with Crippen LogP contribution in [0.25, 0.3) is 0 Å². The molecule has 11 heavy (non-hydrogen) atoms. The molecule has 0 saturated carbocycles. The molecule has 7 nitrogen and oxygen atoms in total. The number of carbonyl (C=O) groups excluding carboxylic acids is 1. The predicted molar refractivity (Wildman–Crippen MR) is 31.8 cm³/mol. The average Bonchev–Trinajstić information content (AvgIpc) is 1.82. The summed E-state index contributed by atoms with van der Waals surface area (Å²) in [6.45, 7) is 0. The third kappa shape index (κ3) is 6.74. The highest BCUT2D eigenvalue weighted by Crippen LogP contribution is 1.82. The molecular formula is C3H5NO6S. The second kappa shape index (κ2) is 4.63. The number of aliphatic carboxylic acids is 1. The van der Waals surface area contributed by atoms with Crippen LogP contribution in [0.3, 0.4) is 0 Å². The Bertz CT molecular complexity index is 224. The van der Waals surface area contributed by atoms with Gasteiger partial charge in [-0.1, -0.05) is 0 Å². The highest BCUT2D eigenvalue weighted by atomic mass is 32.2. The Morgan fingerprint density at radius 3 is 2.36 bits per heavy atom. The number of rotatable bonds is 4. The standard InChI is InChI=1S/C3H5NO6S/c5-2(6)1-3(7)10-4-11(8)9/h11H,1H2,(H,5,6)(H,4,8,9). The molecule has 0 unspecified atom stereocenters. The molecular weight excluding hydrogens is 178 g/mol. The second-order valence-electron chi connectivity index (χ2n) is 1.39. The zero-order valence-corrected chi connectivity index (χ0v) is 6.04.